The predicted molar refractivity (Wildman–Crippen MR) is 150 cm³/mol. The number of imidazole rings is 1. The Morgan fingerprint density at radius 2 is 2.00 bits per heavy atom. The van der Waals surface area contributed by atoms with Crippen LogP contribution in [0.4, 0.5) is 10.6 Å². The molecular weight excluding hydrogens is 554 g/mol. The summed E-state index contributed by atoms with van der Waals surface area (Å²) in [5.41, 5.74) is 8.62. The van der Waals surface area contributed by atoms with Crippen molar-refractivity contribution in [3.05, 3.63) is 41.5 Å². The zero-order chi connectivity index (χ0) is 29.7. The van der Waals surface area contributed by atoms with Crippen molar-refractivity contribution in [2.75, 3.05) is 18.9 Å². The molecule has 0 radical (unpaired) electrons. The second kappa shape index (κ2) is 12.7. The molecule has 1 aliphatic heterocycles. The van der Waals surface area contributed by atoms with Crippen LogP contribution in [0, 0.1) is 13.8 Å². The maximum atomic E-state index is 12.8. The van der Waals surface area contributed by atoms with Gasteiger partial charge in [0.15, 0.2) is 11.5 Å². The standard InChI is InChI=1S/C26H33N7O7S/c1-14-7-15(2)21(17(8-14)40-25(37)28-10-20(35)36)26(3,4)9-18(34)32-41-38-11-16-5-6-19(39-16)33-13-31-22-23(27)29-12-30-24(22)33/h7-8,12-13,16,19H,5-6,9-11H2,1-4H3,(H,28,37)(H,32,34)(H,35,36)(H2,27,29,30). The highest BCUT2D eigenvalue weighted by molar-refractivity contribution is 7.93. The van der Waals surface area contributed by atoms with E-state index in [9.17, 15) is 14.4 Å². The molecule has 2 aromatic heterocycles. The van der Waals surface area contributed by atoms with Crippen LogP contribution in [0.15, 0.2) is 24.8 Å². The Morgan fingerprint density at radius 1 is 1.22 bits per heavy atom. The Bertz CT molecular complexity index is 1450. The Balaban J connectivity index is 1.28. The molecule has 14 nitrogen and oxygen atoms in total. The first-order valence-electron chi connectivity index (χ1n) is 12.9. The number of carboxylic acid groups (broad SMARTS) is 1. The third-order valence-electron chi connectivity index (χ3n) is 6.56. The van der Waals surface area contributed by atoms with Gasteiger partial charge in [0.25, 0.3) is 0 Å². The van der Waals surface area contributed by atoms with Crippen molar-refractivity contribution >= 4 is 47.2 Å². The van der Waals surface area contributed by atoms with E-state index in [0.29, 0.717) is 22.5 Å². The molecule has 1 aliphatic rings. The molecule has 15 heteroatoms. The zero-order valence-electron chi connectivity index (χ0n) is 23.2. The minimum atomic E-state index is -1.19. The van der Waals surface area contributed by atoms with Crippen LogP contribution in [0.3, 0.4) is 0 Å². The van der Waals surface area contributed by atoms with Crippen LogP contribution in [0.1, 0.15) is 56.0 Å². The van der Waals surface area contributed by atoms with Gasteiger partial charge in [-0.3, -0.25) is 23.1 Å². The molecule has 41 heavy (non-hydrogen) atoms. The lowest BCUT2D eigenvalue weighted by atomic mass is 9.78. The number of carbonyl (C=O) groups excluding carboxylic acids is 2. The molecule has 3 heterocycles. The SMILES string of the molecule is Cc1cc(C)c(C(C)(C)CC(=O)NSOCC2CCC(n3cnc4c(N)ncnc43)O2)c(OC(=O)NCC(=O)O)c1. The molecule has 5 N–H and O–H groups in total. The Morgan fingerprint density at radius 3 is 2.76 bits per heavy atom. The average Bonchev–Trinajstić information content (AvgIpc) is 3.52. The summed E-state index contributed by atoms with van der Waals surface area (Å²) in [5, 5.41) is 11.0. The van der Waals surface area contributed by atoms with Gasteiger partial charge in [0.05, 0.1) is 19.0 Å². The van der Waals surface area contributed by atoms with Crippen LogP contribution in [0.25, 0.3) is 11.2 Å². The second-order valence-electron chi connectivity index (χ2n) is 10.4. The number of nitrogens with zero attached hydrogens (tertiary/aromatic N) is 4. The summed E-state index contributed by atoms with van der Waals surface area (Å²) < 4.78 is 21.7. The number of carboxylic acids is 1. The number of nitrogen functional groups attached to an aromatic ring is 1. The lowest BCUT2D eigenvalue weighted by molar-refractivity contribution is -0.135. The van der Waals surface area contributed by atoms with E-state index in [1.807, 2.05) is 38.3 Å². The number of rotatable bonds is 11. The van der Waals surface area contributed by atoms with Crippen LogP contribution in [0.2, 0.25) is 0 Å². The number of aliphatic carboxylic acids is 1. The van der Waals surface area contributed by atoms with Crippen molar-refractivity contribution in [2.24, 2.45) is 0 Å². The minimum absolute atomic E-state index is 0.0705. The molecule has 0 saturated carbocycles. The number of aromatic nitrogens is 4. The van der Waals surface area contributed by atoms with Crippen LogP contribution in [0.5, 0.6) is 5.75 Å². The van der Waals surface area contributed by atoms with Gasteiger partial charge < -0.3 is 25.6 Å². The van der Waals surface area contributed by atoms with Gasteiger partial charge in [0.2, 0.25) is 5.91 Å². The molecule has 2 atom stereocenters. The van der Waals surface area contributed by atoms with Crippen LogP contribution in [-0.2, 0) is 23.9 Å². The van der Waals surface area contributed by atoms with Gasteiger partial charge in [-0.15, -0.1) is 0 Å². The first kappa shape index (κ1) is 30.0. The van der Waals surface area contributed by atoms with Crippen LogP contribution < -0.4 is 20.5 Å². The Kier molecular flexibility index (Phi) is 9.30. The van der Waals surface area contributed by atoms with Crippen LogP contribution >= 0.6 is 12.2 Å². The van der Waals surface area contributed by atoms with E-state index < -0.39 is 24.0 Å². The van der Waals surface area contributed by atoms with Crippen molar-refractivity contribution in [2.45, 2.75) is 64.7 Å². The number of benzene rings is 1. The van der Waals surface area contributed by atoms with Gasteiger partial charge in [-0.25, -0.2) is 19.7 Å². The fourth-order valence-corrected chi connectivity index (χ4v) is 5.41. The van der Waals surface area contributed by atoms with E-state index in [1.54, 1.807) is 12.4 Å². The van der Waals surface area contributed by atoms with E-state index in [-0.39, 0.29) is 37.0 Å². The van der Waals surface area contributed by atoms with E-state index in [4.69, 9.17) is 24.5 Å². The number of ether oxygens (including phenoxy) is 2. The quantitative estimate of drug-likeness (QED) is 0.146. The highest BCUT2D eigenvalue weighted by atomic mass is 32.2. The number of carbonyl (C=O) groups is 3. The van der Waals surface area contributed by atoms with Gasteiger partial charge in [-0.2, -0.15) is 0 Å². The summed E-state index contributed by atoms with van der Waals surface area (Å²) in [4.78, 5) is 48.2. The summed E-state index contributed by atoms with van der Waals surface area (Å²) in [7, 11) is 0. The third-order valence-corrected chi connectivity index (χ3v) is 7.13. The number of fused-ring (bicyclic) bond motifs is 1. The van der Waals surface area contributed by atoms with Crippen molar-refractivity contribution in [1.82, 2.24) is 29.6 Å². The first-order valence-corrected chi connectivity index (χ1v) is 13.6. The molecule has 2 unspecified atom stereocenters. The molecule has 4 rings (SSSR count). The molecule has 1 aromatic carbocycles. The largest absolute Gasteiger partial charge is 0.480 e. The minimum Gasteiger partial charge on any atom is -0.480 e. The van der Waals surface area contributed by atoms with E-state index in [0.717, 1.165) is 36.2 Å². The lowest BCUT2D eigenvalue weighted by Gasteiger charge is -2.29. The molecule has 1 fully saturated rings. The number of hydrogen-bond donors (Lipinski definition) is 4. The number of nitrogens with two attached hydrogens (primary N) is 1. The average molecular weight is 588 g/mol. The fraction of sp³-hybridized carbons (Fsp3) is 0.462. The number of amides is 2. The molecule has 0 bridgehead atoms. The topological polar surface area (TPSA) is 193 Å². The van der Waals surface area contributed by atoms with Crippen molar-refractivity contribution in [3.8, 4) is 5.75 Å². The maximum absolute atomic E-state index is 12.8. The maximum Gasteiger partial charge on any atom is 0.413 e. The van der Waals surface area contributed by atoms with E-state index >= 15 is 0 Å². The zero-order valence-corrected chi connectivity index (χ0v) is 24.0. The normalized spacial score (nSPS) is 17.0. The number of nitrogens with one attached hydrogen (secondary N) is 2. The summed E-state index contributed by atoms with van der Waals surface area (Å²) in [6.45, 7) is 7.13. The van der Waals surface area contributed by atoms with E-state index in [1.165, 1.54) is 6.33 Å². The van der Waals surface area contributed by atoms with Gasteiger partial charge in [-0.05, 0) is 43.9 Å². The number of hydrogen-bond acceptors (Lipinski definition) is 11. The summed E-state index contributed by atoms with van der Waals surface area (Å²) >= 11 is 0.831. The highest BCUT2D eigenvalue weighted by Gasteiger charge is 2.31. The monoisotopic (exact) mass is 587 g/mol. The van der Waals surface area contributed by atoms with Crippen molar-refractivity contribution in [1.29, 1.82) is 0 Å². The van der Waals surface area contributed by atoms with Crippen LogP contribution in [-0.4, -0.2) is 61.9 Å². The smallest absolute Gasteiger partial charge is 0.413 e. The number of anilines is 1. The first-order chi connectivity index (χ1) is 19.4. The summed E-state index contributed by atoms with van der Waals surface area (Å²) in [6, 6.07) is 3.61. The van der Waals surface area contributed by atoms with Gasteiger partial charge in [0.1, 0.15) is 42.6 Å². The summed E-state index contributed by atoms with van der Waals surface area (Å²) in [5.74, 6) is -0.899. The Hall–Kier alpha value is -3.95. The molecule has 1 saturated heterocycles. The van der Waals surface area contributed by atoms with Crippen molar-refractivity contribution < 1.29 is 33.1 Å². The molecular formula is C26H33N7O7S. The van der Waals surface area contributed by atoms with Gasteiger partial charge >= 0.3 is 12.1 Å². The molecule has 220 valence electrons. The Labute approximate surface area is 240 Å². The van der Waals surface area contributed by atoms with Crippen molar-refractivity contribution in [3.63, 3.8) is 0 Å². The van der Waals surface area contributed by atoms with Gasteiger partial charge in [0, 0.05) is 17.4 Å². The third kappa shape index (κ3) is 7.42. The second-order valence-corrected chi connectivity index (χ2v) is 11.0. The number of aryl methyl sites for hydroxylation is 2. The molecule has 0 spiro atoms. The molecule has 3 aromatic rings. The fourth-order valence-electron chi connectivity index (χ4n) is 4.97. The van der Waals surface area contributed by atoms with E-state index in [2.05, 4.69) is 25.0 Å². The molecule has 0 aliphatic carbocycles. The predicted octanol–water partition coefficient (Wildman–Crippen LogP) is 2.94. The lowest BCUT2D eigenvalue weighted by Crippen LogP contribution is -2.33. The molecule has 2 amide bonds. The summed E-state index contributed by atoms with van der Waals surface area (Å²) in [6.07, 6.45) is 3.25. The van der Waals surface area contributed by atoms with Gasteiger partial charge in [-0.1, -0.05) is 19.9 Å². The highest BCUT2D eigenvalue weighted by Crippen LogP contribution is 2.38.